The summed E-state index contributed by atoms with van der Waals surface area (Å²) in [5.74, 6) is 0. The van der Waals surface area contributed by atoms with Crippen molar-refractivity contribution in [1.29, 1.82) is 0 Å². The molecule has 0 aliphatic carbocycles. The van der Waals surface area contributed by atoms with Crippen LogP contribution in [0, 0.1) is 0 Å². The third kappa shape index (κ3) is 6.14. The zero-order valence-electron chi connectivity index (χ0n) is 21.0. The quantitative estimate of drug-likeness (QED) is 0.294. The van der Waals surface area contributed by atoms with Crippen molar-refractivity contribution in [2.75, 3.05) is 11.5 Å². The Labute approximate surface area is 210 Å². The molecule has 0 amide bonds. The fourth-order valence-electron chi connectivity index (χ4n) is 3.83. The summed E-state index contributed by atoms with van der Waals surface area (Å²) in [5, 5.41) is 0.231. The van der Waals surface area contributed by atoms with Gasteiger partial charge in [0.25, 0.3) is 0 Å². The van der Waals surface area contributed by atoms with E-state index in [0.29, 0.717) is 0 Å². The fourth-order valence-corrected chi connectivity index (χ4v) is 5.93. The highest BCUT2D eigenvalue weighted by Crippen LogP contribution is 2.39. The van der Waals surface area contributed by atoms with Crippen LogP contribution in [0.4, 0.5) is 17.1 Å². The molecule has 0 bridgehead atoms. The monoisotopic (exact) mass is 491 g/mol. The predicted molar refractivity (Wildman–Crippen MR) is 148 cm³/mol. The number of nitrogens with zero attached hydrogens (tertiary/aromatic N) is 1. The Morgan fingerprint density at radius 2 is 1.35 bits per heavy atom. The van der Waals surface area contributed by atoms with Gasteiger partial charge in [-0.15, -0.1) is 0 Å². The van der Waals surface area contributed by atoms with E-state index in [1.54, 1.807) is 0 Å². The lowest BCUT2D eigenvalue weighted by Gasteiger charge is -2.36. The number of thioether (sulfide) groups is 1. The number of hydrogen-bond acceptors (Lipinski definition) is 4. The lowest BCUT2D eigenvalue weighted by molar-refractivity contribution is 0.0499. The maximum absolute atomic E-state index is 6.40. The SMILES string of the molecule is CC(C)(C)[Si](C)(C)OC[C@@H]1CCC(Sc2ccc(N(c3ccccc3)c3ccccc3)cc2)O1. The van der Waals surface area contributed by atoms with Crippen molar-refractivity contribution >= 4 is 37.1 Å². The molecular weight excluding hydrogens is 454 g/mol. The average Bonchev–Trinajstić information content (AvgIpc) is 3.27. The van der Waals surface area contributed by atoms with Crippen molar-refractivity contribution in [2.45, 2.75) is 68.2 Å². The standard InChI is InChI=1S/C29H37NO2SSi/c1-29(2,3)34(4,5)31-22-26-18-21-28(32-26)33-27-19-16-25(17-20-27)30(23-12-8-6-9-13-23)24-14-10-7-11-15-24/h6-17,19-20,26,28H,18,21-22H2,1-5H3/t26-,28?/m0/s1. The summed E-state index contributed by atoms with van der Waals surface area (Å²) in [6.07, 6.45) is 2.34. The van der Waals surface area contributed by atoms with Crippen molar-refractivity contribution in [3.05, 3.63) is 84.9 Å². The maximum Gasteiger partial charge on any atom is 0.192 e. The molecule has 0 N–H and O–H groups in total. The van der Waals surface area contributed by atoms with Crippen LogP contribution in [0.3, 0.4) is 0 Å². The minimum Gasteiger partial charge on any atom is -0.414 e. The van der Waals surface area contributed by atoms with Crippen LogP contribution in [0.5, 0.6) is 0 Å². The second kappa shape index (κ2) is 10.7. The fraction of sp³-hybridized carbons (Fsp3) is 0.379. The van der Waals surface area contributed by atoms with Crippen LogP contribution in [-0.4, -0.2) is 26.5 Å². The number of anilines is 3. The number of para-hydroxylation sites is 2. The van der Waals surface area contributed by atoms with E-state index in [0.717, 1.165) is 36.5 Å². The molecule has 1 unspecified atom stereocenters. The van der Waals surface area contributed by atoms with Crippen LogP contribution in [0.15, 0.2) is 89.8 Å². The molecule has 3 aromatic rings. The molecule has 2 atom stereocenters. The van der Waals surface area contributed by atoms with E-state index in [1.807, 2.05) is 11.8 Å². The van der Waals surface area contributed by atoms with E-state index < -0.39 is 8.32 Å². The Balaban J connectivity index is 1.39. The van der Waals surface area contributed by atoms with E-state index >= 15 is 0 Å². The molecule has 1 aliphatic heterocycles. The van der Waals surface area contributed by atoms with Crippen molar-refractivity contribution in [3.8, 4) is 0 Å². The number of hydrogen-bond donors (Lipinski definition) is 0. The minimum atomic E-state index is -1.73. The molecule has 0 spiro atoms. The van der Waals surface area contributed by atoms with Crippen LogP contribution in [0.2, 0.25) is 18.1 Å². The third-order valence-electron chi connectivity index (χ3n) is 6.90. The second-order valence-corrected chi connectivity index (χ2v) is 16.5. The van der Waals surface area contributed by atoms with E-state index in [2.05, 4.69) is 124 Å². The third-order valence-corrected chi connectivity index (χ3v) is 12.6. The predicted octanol–water partition coefficient (Wildman–Crippen LogP) is 8.78. The molecule has 4 rings (SSSR count). The number of benzene rings is 3. The van der Waals surface area contributed by atoms with Gasteiger partial charge in [0.05, 0.1) is 12.7 Å². The Kier molecular flexibility index (Phi) is 7.88. The maximum atomic E-state index is 6.40. The Morgan fingerprint density at radius 3 is 1.88 bits per heavy atom. The molecule has 0 saturated carbocycles. The van der Waals surface area contributed by atoms with Gasteiger partial charge >= 0.3 is 0 Å². The smallest absolute Gasteiger partial charge is 0.192 e. The van der Waals surface area contributed by atoms with Gasteiger partial charge < -0.3 is 14.1 Å². The first kappa shape index (κ1) is 25.1. The zero-order valence-corrected chi connectivity index (χ0v) is 22.8. The summed E-state index contributed by atoms with van der Waals surface area (Å²) in [5.41, 5.74) is 3.64. The van der Waals surface area contributed by atoms with Crippen LogP contribution in [-0.2, 0) is 9.16 Å². The minimum absolute atomic E-state index is 0.193. The van der Waals surface area contributed by atoms with E-state index in [1.165, 1.54) is 4.90 Å². The molecule has 3 aromatic carbocycles. The van der Waals surface area contributed by atoms with Crippen molar-refractivity contribution < 1.29 is 9.16 Å². The summed E-state index contributed by atoms with van der Waals surface area (Å²) < 4.78 is 12.7. The topological polar surface area (TPSA) is 21.7 Å². The van der Waals surface area contributed by atoms with Crippen molar-refractivity contribution in [3.63, 3.8) is 0 Å². The molecule has 34 heavy (non-hydrogen) atoms. The van der Waals surface area contributed by atoms with Gasteiger partial charge in [0.2, 0.25) is 0 Å². The Morgan fingerprint density at radius 1 is 0.824 bits per heavy atom. The van der Waals surface area contributed by atoms with Crippen molar-refractivity contribution in [2.24, 2.45) is 0 Å². The molecule has 5 heteroatoms. The number of rotatable bonds is 8. The van der Waals surface area contributed by atoms with Crippen LogP contribution in [0.25, 0.3) is 0 Å². The first-order chi connectivity index (χ1) is 16.2. The van der Waals surface area contributed by atoms with Crippen LogP contribution >= 0.6 is 11.8 Å². The molecule has 3 nitrogen and oxygen atoms in total. The lowest BCUT2D eigenvalue weighted by Crippen LogP contribution is -2.42. The zero-order chi connectivity index (χ0) is 24.2. The van der Waals surface area contributed by atoms with Gasteiger partial charge in [-0.1, -0.05) is 68.9 Å². The Bertz CT molecular complexity index is 996. The summed E-state index contributed by atoms with van der Waals surface area (Å²) >= 11 is 1.82. The van der Waals surface area contributed by atoms with Crippen molar-refractivity contribution in [1.82, 2.24) is 0 Å². The molecule has 0 radical (unpaired) electrons. The molecular formula is C29H37NO2SSi. The molecule has 1 aliphatic rings. The summed E-state index contributed by atoms with van der Waals surface area (Å²) in [7, 11) is -1.73. The average molecular weight is 492 g/mol. The highest BCUT2D eigenvalue weighted by atomic mass is 32.2. The molecule has 1 heterocycles. The Hall–Kier alpha value is -2.05. The van der Waals surface area contributed by atoms with E-state index in [9.17, 15) is 0 Å². The summed E-state index contributed by atoms with van der Waals surface area (Å²) in [6, 6.07) is 29.8. The first-order valence-corrected chi connectivity index (χ1v) is 16.0. The normalized spacial score (nSPS) is 18.7. The van der Waals surface area contributed by atoms with Gasteiger partial charge in [0.1, 0.15) is 5.44 Å². The largest absolute Gasteiger partial charge is 0.414 e. The van der Waals surface area contributed by atoms with Gasteiger partial charge in [-0.3, -0.25) is 0 Å². The molecule has 0 aromatic heterocycles. The highest BCUT2D eigenvalue weighted by Gasteiger charge is 2.38. The van der Waals surface area contributed by atoms with Gasteiger partial charge in [-0.25, -0.2) is 0 Å². The van der Waals surface area contributed by atoms with E-state index in [4.69, 9.17) is 9.16 Å². The highest BCUT2D eigenvalue weighted by molar-refractivity contribution is 7.99. The second-order valence-electron chi connectivity index (χ2n) is 10.5. The van der Waals surface area contributed by atoms with Gasteiger partial charge in [-0.2, -0.15) is 0 Å². The van der Waals surface area contributed by atoms with Crippen LogP contribution < -0.4 is 4.90 Å². The molecule has 1 saturated heterocycles. The molecule has 1 fully saturated rings. The van der Waals surface area contributed by atoms with Gasteiger partial charge in [0.15, 0.2) is 8.32 Å². The summed E-state index contributed by atoms with van der Waals surface area (Å²) in [4.78, 5) is 3.52. The van der Waals surface area contributed by atoms with Gasteiger partial charge in [-0.05, 0) is 79.5 Å². The molecule has 180 valence electrons. The first-order valence-electron chi connectivity index (χ1n) is 12.2. The van der Waals surface area contributed by atoms with E-state index in [-0.39, 0.29) is 16.6 Å². The van der Waals surface area contributed by atoms with Crippen LogP contribution in [0.1, 0.15) is 33.6 Å². The van der Waals surface area contributed by atoms with Gasteiger partial charge in [0, 0.05) is 22.0 Å². The number of ether oxygens (including phenoxy) is 1. The summed E-state index contributed by atoms with van der Waals surface area (Å²) in [6.45, 7) is 12.2. The lowest BCUT2D eigenvalue weighted by atomic mass is 10.2.